The van der Waals surface area contributed by atoms with E-state index in [0.717, 1.165) is 34.0 Å². The number of carbonyl (C=O) groups excluding carboxylic acids is 1. The average Bonchev–Trinajstić information content (AvgIpc) is 2.88. The van der Waals surface area contributed by atoms with Crippen LogP contribution < -0.4 is 19.2 Å². The third kappa shape index (κ3) is 7.71. The van der Waals surface area contributed by atoms with Crippen molar-refractivity contribution < 1.29 is 22.7 Å². The molecule has 0 fully saturated rings. The molecule has 0 spiro atoms. The minimum Gasteiger partial charge on any atom is -0.495 e. The summed E-state index contributed by atoms with van der Waals surface area (Å²) in [4.78, 5) is 12.8. The molecule has 0 unspecified atom stereocenters. The molecule has 0 atom stereocenters. The van der Waals surface area contributed by atoms with Gasteiger partial charge in [-0.3, -0.25) is 9.10 Å². The van der Waals surface area contributed by atoms with Crippen molar-refractivity contribution in [1.29, 1.82) is 0 Å². The normalized spacial score (nSPS) is 11.4. The van der Waals surface area contributed by atoms with Gasteiger partial charge in [-0.2, -0.15) is 5.10 Å². The largest absolute Gasteiger partial charge is 0.495 e. The van der Waals surface area contributed by atoms with Crippen LogP contribution in [-0.4, -0.2) is 40.8 Å². The zero-order valence-electron chi connectivity index (χ0n) is 21.0. The Kier molecular flexibility index (Phi) is 9.93. The van der Waals surface area contributed by atoms with Crippen molar-refractivity contribution in [2.75, 3.05) is 24.6 Å². The van der Waals surface area contributed by atoms with E-state index in [9.17, 15) is 13.2 Å². The zero-order valence-corrected chi connectivity index (χ0v) is 22.6. The summed E-state index contributed by atoms with van der Waals surface area (Å²) in [5.41, 5.74) is 4.26. The number of methoxy groups -OCH3 is 1. The molecule has 0 saturated heterocycles. The number of hydrazone groups is 1. The Labute approximate surface area is 222 Å². The highest BCUT2D eigenvalue weighted by molar-refractivity contribution is 7.92. The first-order chi connectivity index (χ1) is 17.7. The monoisotopic (exact) mass is 543 g/mol. The van der Waals surface area contributed by atoms with Crippen molar-refractivity contribution in [2.45, 2.75) is 31.6 Å². The van der Waals surface area contributed by atoms with Crippen molar-refractivity contribution in [3.63, 3.8) is 0 Å². The van der Waals surface area contributed by atoms with Crippen LogP contribution >= 0.6 is 11.6 Å². The summed E-state index contributed by atoms with van der Waals surface area (Å²) in [7, 11) is -2.63. The number of nitrogens with zero attached hydrogens (tertiary/aromatic N) is 2. The van der Waals surface area contributed by atoms with Crippen LogP contribution in [0.1, 0.15) is 30.9 Å². The van der Waals surface area contributed by atoms with Crippen LogP contribution in [0.5, 0.6) is 11.5 Å². The van der Waals surface area contributed by atoms with Gasteiger partial charge >= 0.3 is 0 Å². The highest BCUT2D eigenvalue weighted by Gasteiger charge is 2.27. The van der Waals surface area contributed by atoms with E-state index < -0.39 is 22.5 Å². The van der Waals surface area contributed by atoms with Gasteiger partial charge in [0.1, 0.15) is 18.0 Å². The summed E-state index contributed by atoms with van der Waals surface area (Å²) >= 11 is 6.25. The van der Waals surface area contributed by atoms with E-state index in [0.29, 0.717) is 12.4 Å². The van der Waals surface area contributed by atoms with Gasteiger partial charge in [0.2, 0.25) is 0 Å². The van der Waals surface area contributed by atoms with Crippen LogP contribution in [0.15, 0.2) is 76.7 Å². The summed E-state index contributed by atoms with van der Waals surface area (Å²) in [6.07, 6.45) is 3.51. The SMILES string of the molecule is CCCCOc1ccc(/C=N\NC(=O)CN(c2ccc(OC)c(Cl)c2)S(=O)(=O)c2ccc(C)cc2)cc1. The Bertz CT molecular complexity index is 1330. The van der Waals surface area contributed by atoms with Gasteiger partial charge in [-0.15, -0.1) is 0 Å². The Morgan fingerprint density at radius 1 is 1.08 bits per heavy atom. The number of hydrogen-bond acceptors (Lipinski definition) is 6. The minimum atomic E-state index is -4.09. The quantitative estimate of drug-likeness (QED) is 0.193. The smallest absolute Gasteiger partial charge is 0.264 e. The van der Waals surface area contributed by atoms with E-state index >= 15 is 0 Å². The van der Waals surface area contributed by atoms with E-state index in [2.05, 4.69) is 17.5 Å². The second kappa shape index (κ2) is 13.1. The van der Waals surface area contributed by atoms with E-state index in [1.807, 2.05) is 31.2 Å². The van der Waals surface area contributed by atoms with Gasteiger partial charge in [0.05, 0.1) is 35.5 Å². The highest BCUT2D eigenvalue weighted by Crippen LogP contribution is 2.32. The van der Waals surface area contributed by atoms with E-state index in [1.165, 1.54) is 37.6 Å². The average molecular weight is 544 g/mol. The molecule has 0 saturated carbocycles. The van der Waals surface area contributed by atoms with Gasteiger partial charge in [-0.05, 0) is 73.5 Å². The summed E-state index contributed by atoms with van der Waals surface area (Å²) in [6.45, 7) is 4.10. The van der Waals surface area contributed by atoms with Crippen LogP contribution in [0, 0.1) is 6.92 Å². The molecule has 3 rings (SSSR count). The van der Waals surface area contributed by atoms with Crippen molar-refractivity contribution in [1.82, 2.24) is 5.43 Å². The minimum absolute atomic E-state index is 0.0441. The molecule has 0 aliphatic heterocycles. The molecule has 0 radical (unpaired) electrons. The molecular formula is C27H30ClN3O5S. The van der Waals surface area contributed by atoms with Gasteiger partial charge in [0.15, 0.2) is 0 Å². The van der Waals surface area contributed by atoms with Crippen LogP contribution in [-0.2, 0) is 14.8 Å². The summed E-state index contributed by atoms with van der Waals surface area (Å²) in [5.74, 6) is 0.511. The first kappa shape index (κ1) is 28.0. The predicted octanol–water partition coefficient (Wildman–Crippen LogP) is 5.18. The number of amides is 1. The number of rotatable bonds is 12. The number of anilines is 1. The van der Waals surface area contributed by atoms with Crippen LogP contribution in [0.25, 0.3) is 0 Å². The van der Waals surface area contributed by atoms with E-state index in [1.54, 1.807) is 18.2 Å². The lowest BCUT2D eigenvalue weighted by atomic mass is 10.2. The lowest BCUT2D eigenvalue weighted by Crippen LogP contribution is -2.39. The molecule has 0 aliphatic carbocycles. The zero-order chi connectivity index (χ0) is 26.8. The van der Waals surface area contributed by atoms with Crippen LogP contribution in [0.3, 0.4) is 0 Å². The van der Waals surface area contributed by atoms with Crippen molar-refractivity contribution >= 4 is 39.4 Å². The molecule has 1 amide bonds. The van der Waals surface area contributed by atoms with Crippen molar-refractivity contribution in [3.05, 3.63) is 82.9 Å². The van der Waals surface area contributed by atoms with Crippen molar-refractivity contribution in [2.24, 2.45) is 5.10 Å². The summed E-state index contributed by atoms with van der Waals surface area (Å²) < 4.78 is 38.8. The first-order valence-electron chi connectivity index (χ1n) is 11.7. The molecule has 10 heteroatoms. The third-order valence-corrected chi connectivity index (χ3v) is 7.45. The Morgan fingerprint density at radius 3 is 2.41 bits per heavy atom. The molecule has 3 aromatic carbocycles. The fourth-order valence-corrected chi connectivity index (χ4v) is 4.96. The van der Waals surface area contributed by atoms with Crippen LogP contribution in [0.2, 0.25) is 5.02 Å². The fraction of sp³-hybridized carbons (Fsp3) is 0.259. The second-order valence-corrected chi connectivity index (χ2v) is 10.5. The maximum Gasteiger partial charge on any atom is 0.264 e. The summed E-state index contributed by atoms with van der Waals surface area (Å²) in [6, 6.07) is 18.1. The number of halogens is 1. The third-order valence-electron chi connectivity index (χ3n) is 5.37. The van der Waals surface area contributed by atoms with Crippen LogP contribution in [0.4, 0.5) is 5.69 Å². The summed E-state index contributed by atoms with van der Waals surface area (Å²) in [5, 5.41) is 4.18. The second-order valence-electron chi connectivity index (χ2n) is 8.21. The number of aryl methyl sites for hydroxylation is 1. The Hall–Kier alpha value is -3.56. The number of sulfonamides is 1. The number of carbonyl (C=O) groups is 1. The van der Waals surface area contributed by atoms with E-state index in [-0.39, 0.29) is 15.6 Å². The molecule has 8 nitrogen and oxygen atoms in total. The first-order valence-corrected chi connectivity index (χ1v) is 13.5. The number of unbranched alkanes of at least 4 members (excludes halogenated alkanes) is 1. The van der Waals surface area contributed by atoms with Gasteiger partial charge in [-0.25, -0.2) is 13.8 Å². The lowest BCUT2D eigenvalue weighted by Gasteiger charge is -2.24. The molecule has 37 heavy (non-hydrogen) atoms. The number of nitrogens with one attached hydrogen (secondary N) is 1. The van der Waals surface area contributed by atoms with Gasteiger partial charge in [0, 0.05) is 0 Å². The van der Waals surface area contributed by atoms with Gasteiger partial charge < -0.3 is 9.47 Å². The molecule has 0 aromatic heterocycles. The van der Waals surface area contributed by atoms with Gasteiger partial charge in [0.25, 0.3) is 15.9 Å². The van der Waals surface area contributed by atoms with E-state index in [4.69, 9.17) is 21.1 Å². The molecule has 0 heterocycles. The van der Waals surface area contributed by atoms with Gasteiger partial charge in [-0.1, -0.05) is 42.6 Å². The molecule has 0 bridgehead atoms. The lowest BCUT2D eigenvalue weighted by molar-refractivity contribution is -0.119. The number of ether oxygens (including phenoxy) is 2. The standard InChI is InChI=1S/C27H30ClN3O5S/c1-4-5-16-36-23-11-8-21(9-12-23)18-29-30-27(32)19-31(22-10-15-26(35-3)25(28)17-22)37(33,34)24-13-6-20(2)7-14-24/h6-15,17-18H,4-5,16,19H2,1-3H3,(H,30,32)/b29-18-. The maximum absolute atomic E-state index is 13.5. The molecular weight excluding hydrogens is 514 g/mol. The molecule has 196 valence electrons. The number of hydrogen-bond donors (Lipinski definition) is 1. The fourth-order valence-electron chi connectivity index (χ4n) is 3.29. The predicted molar refractivity (Wildman–Crippen MR) is 146 cm³/mol. The Balaban J connectivity index is 1.76. The maximum atomic E-state index is 13.5. The Morgan fingerprint density at radius 2 is 1.78 bits per heavy atom. The molecule has 1 N–H and O–H groups in total. The number of benzene rings is 3. The van der Waals surface area contributed by atoms with Crippen molar-refractivity contribution in [3.8, 4) is 11.5 Å². The molecule has 3 aromatic rings. The molecule has 0 aliphatic rings. The topological polar surface area (TPSA) is 97.3 Å². The highest BCUT2D eigenvalue weighted by atomic mass is 35.5.